The summed E-state index contributed by atoms with van der Waals surface area (Å²) >= 11 is 0. The molecule has 3 aliphatic heterocycles. The van der Waals surface area contributed by atoms with Gasteiger partial charge in [0.15, 0.2) is 5.78 Å². The summed E-state index contributed by atoms with van der Waals surface area (Å²) < 4.78 is 175. The van der Waals surface area contributed by atoms with E-state index in [-0.39, 0.29) is 96.7 Å². The van der Waals surface area contributed by atoms with Crippen molar-refractivity contribution in [3.05, 3.63) is 107 Å². The zero-order valence-corrected chi connectivity index (χ0v) is 63.8. The van der Waals surface area contributed by atoms with Crippen LogP contribution in [0.25, 0.3) is 0 Å². The summed E-state index contributed by atoms with van der Waals surface area (Å²) in [5.41, 5.74) is -2.21. The molecular formula is C79H114F12N6O9. The molecule has 6 atom stereocenters. The highest BCUT2D eigenvalue weighted by Gasteiger charge is 2.44. The van der Waals surface area contributed by atoms with Gasteiger partial charge >= 0.3 is 43.0 Å². The first kappa shape index (κ1) is 90.0. The number of allylic oxidation sites excluding steroid dienone is 1. The van der Waals surface area contributed by atoms with Crippen LogP contribution in [0.2, 0.25) is 0 Å². The quantitative estimate of drug-likeness (QED) is 0.122. The van der Waals surface area contributed by atoms with Crippen LogP contribution in [0.5, 0.6) is 5.75 Å². The third-order valence-electron chi connectivity index (χ3n) is 19.6. The van der Waals surface area contributed by atoms with Gasteiger partial charge in [-0.3, -0.25) is 19.5 Å². The Balaban J connectivity index is 0.000000256. The zero-order chi connectivity index (χ0) is 79.2. The predicted molar refractivity (Wildman–Crippen MR) is 382 cm³/mol. The van der Waals surface area contributed by atoms with Gasteiger partial charge < -0.3 is 39.8 Å². The molecular weight excluding hydrogens is 1400 g/mol. The van der Waals surface area contributed by atoms with Crippen LogP contribution in [-0.2, 0) is 61.6 Å². The molecule has 106 heavy (non-hydrogen) atoms. The Morgan fingerprint density at radius 2 is 0.858 bits per heavy atom. The molecule has 15 nitrogen and oxygen atoms in total. The molecule has 3 saturated carbocycles. The molecule has 3 amide bonds. The van der Waals surface area contributed by atoms with Gasteiger partial charge in [0, 0.05) is 87.2 Å². The van der Waals surface area contributed by atoms with Crippen LogP contribution in [0.15, 0.2) is 73.2 Å². The van der Waals surface area contributed by atoms with Crippen molar-refractivity contribution in [3.63, 3.8) is 0 Å². The zero-order valence-electron chi connectivity index (χ0n) is 63.8. The van der Waals surface area contributed by atoms with Crippen molar-refractivity contribution in [2.24, 2.45) is 23.5 Å². The van der Waals surface area contributed by atoms with E-state index in [1.807, 2.05) is 79.0 Å². The molecule has 0 bridgehead atoms. The summed E-state index contributed by atoms with van der Waals surface area (Å²) in [4.78, 5) is 71.4. The molecule has 3 aromatic rings. The van der Waals surface area contributed by atoms with Crippen LogP contribution >= 0.6 is 0 Å². The lowest BCUT2D eigenvalue weighted by molar-refractivity contribution is -0.144. The number of nitrogens with one attached hydrogen (secondary N) is 1. The number of Topliss-reactive ketones (excluding diaryl/α,β-unsaturated/α-hetero) is 1. The highest BCUT2D eigenvalue weighted by atomic mass is 19.4. The lowest BCUT2D eigenvalue weighted by Crippen LogP contribution is -2.57. The van der Waals surface area contributed by atoms with E-state index in [2.05, 4.69) is 17.2 Å². The van der Waals surface area contributed by atoms with Gasteiger partial charge in [-0.1, -0.05) is 110 Å². The number of benzene rings is 2. The third-order valence-corrected chi connectivity index (χ3v) is 19.6. The van der Waals surface area contributed by atoms with E-state index in [1.165, 1.54) is 76.7 Å². The second kappa shape index (κ2) is 40.2. The molecule has 2 aromatic carbocycles. The number of nitrogens with zero attached hydrogens (tertiary/aromatic N) is 4. The number of halogens is 12. The van der Waals surface area contributed by atoms with Crippen LogP contribution in [0.4, 0.5) is 67.1 Å². The Labute approximate surface area is 618 Å². The number of pyridine rings is 1. The third kappa shape index (κ3) is 31.1. The van der Waals surface area contributed by atoms with Crippen LogP contribution in [0.1, 0.15) is 270 Å². The van der Waals surface area contributed by atoms with Crippen LogP contribution in [-0.4, -0.2) is 110 Å². The number of alkyl halides is 12. The van der Waals surface area contributed by atoms with Crippen LogP contribution in [0, 0.1) is 17.8 Å². The minimum Gasteiger partial charge on any atom is -0.497 e. The number of aromatic nitrogens is 1. The van der Waals surface area contributed by atoms with Gasteiger partial charge in [-0.25, -0.2) is 14.4 Å². The van der Waals surface area contributed by atoms with Crippen molar-refractivity contribution in [2.75, 3.05) is 7.11 Å². The summed E-state index contributed by atoms with van der Waals surface area (Å²) in [6.45, 7) is 20.3. The maximum absolute atomic E-state index is 13.3. The molecule has 0 radical (unpaired) electrons. The Kier molecular flexibility index (Phi) is 34.1. The second-order valence-corrected chi connectivity index (χ2v) is 31.9. The van der Waals surface area contributed by atoms with Crippen molar-refractivity contribution < 1.29 is 95.6 Å². The number of amides is 3. The molecule has 3 aliphatic carbocycles. The number of likely N-dealkylation sites (tertiary alicyclic amines) is 2. The van der Waals surface area contributed by atoms with Crippen molar-refractivity contribution in [1.82, 2.24) is 25.0 Å². The van der Waals surface area contributed by atoms with E-state index < -0.39 is 63.8 Å². The Morgan fingerprint density at radius 3 is 1.24 bits per heavy atom. The molecule has 6 aliphatic rings. The number of piperidine rings is 2. The number of ketones is 2. The summed E-state index contributed by atoms with van der Waals surface area (Å²) in [7, 11) is 1.63. The Bertz CT molecular complexity index is 3190. The Hall–Kier alpha value is -6.64. The molecule has 1 aromatic heterocycles. The molecule has 4 heterocycles. The average molecular weight is 1520 g/mol. The fraction of sp³-hybridized carbons (Fsp3) is 0.696. The summed E-state index contributed by atoms with van der Waals surface area (Å²) in [6, 6.07) is 6.16. The molecule has 27 heteroatoms. The highest BCUT2D eigenvalue weighted by Crippen LogP contribution is 2.41. The second-order valence-electron chi connectivity index (χ2n) is 31.9. The van der Waals surface area contributed by atoms with Crippen LogP contribution in [0.3, 0.4) is 0 Å². The summed E-state index contributed by atoms with van der Waals surface area (Å²) in [5, 5.41) is 3.22. The lowest BCUT2D eigenvalue weighted by atomic mass is 9.80. The van der Waals surface area contributed by atoms with Crippen molar-refractivity contribution >= 4 is 29.8 Å². The van der Waals surface area contributed by atoms with Gasteiger partial charge in [0.2, 0.25) is 0 Å². The summed E-state index contributed by atoms with van der Waals surface area (Å²) in [6.07, 6.45) is 11.2. The smallest absolute Gasteiger partial charge is 0.416 e. The standard InChI is InChI=1S/C28H40F6N2O2.C19H33NO3.C17H27NO3.C9H7F6N.C6H7NO/c1-5-23-15-22(35-17-19-11-20(27(29,30)31)14-21(12-19)28(32,33)34)16-24(13-18-9-7-6-8-10-18)36(23)25(37)38-26(2,3)4;1-5-15-12-17(21)13-16(11-14-9-7-6-8-10-14)20(15)18(22)23-19(2,3)4;1-17(2,3)21-16(20)18-10-9-15(19)12-14(18)11-13-7-5-4-6-8-13;10-8(11,12)6-1-5(4-16)2-7(3-6)9(13,14)15;1-8-6-2-4-7-5-3-6/h11-12,14,18,22-24,35H,5-10,13,15-17H2,1-4H3;14-16H,5-13H2,1-4H3;9-10,13-14H,4-8,11-12H2,1-3H3;1-3H,4,16H2;2-5H,1H3/t22-,23+,24-;15-,16+;;;/m01.../s1. The topological polar surface area (TPSA) is 183 Å². The van der Waals surface area contributed by atoms with E-state index in [4.69, 9.17) is 24.7 Å². The normalized spacial score (nSPS) is 21.9. The number of nitrogens with two attached hydrogens (primary N) is 1. The van der Waals surface area contributed by atoms with E-state index in [0.717, 1.165) is 69.2 Å². The highest BCUT2D eigenvalue weighted by molar-refractivity contribution is 5.92. The number of methoxy groups -OCH3 is 1. The van der Waals surface area contributed by atoms with Crippen LogP contribution < -0.4 is 15.8 Å². The van der Waals surface area contributed by atoms with Gasteiger partial charge in [0.25, 0.3) is 0 Å². The fourth-order valence-electron chi connectivity index (χ4n) is 14.7. The SMILES string of the molecule is CC(C)(C)OC(=O)N1C=CC(=O)CC1CC1CCCCC1.CC[C@@H]1CC(=O)C[C@H](CC2CCCCC2)N1C(=O)OC(C)(C)C.CC[C@@H]1C[C@H](NCc2cc(C(F)(F)F)cc(C(F)(F)F)c2)C[C@H](CC2CCCCC2)N1C(=O)OC(C)(C)C.COc1ccncc1.NCc1cc(C(F)(F)F)cc(C(F)(F)F)c1. The summed E-state index contributed by atoms with van der Waals surface area (Å²) in [5.74, 6) is 3.02. The maximum Gasteiger partial charge on any atom is 0.416 e. The van der Waals surface area contributed by atoms with Gasteiger partial charge in [-0.15, -0.1) is 0 Å². The molecule has 9 rings (SSSR count). The van der Waals surface area contributed by atoms with Crippen molar-refractivity contribution in [2.45, 2.75) is 328 Å². The molecule has 1 unspecified atom stereocenters. The molecule has 2 saturated heterocycles. The fourth-order valence-corrected chi connectivity index (χ4v) is 14.7. The predicted octanol–water partition coefficient (Wildman–Crippen LogP) is 21.4. The first-order valence-electron chi connectivity index (χ1n) is 37.5. The molecule has 0 spiro atoms. The average Bonchev–Trinajstić information content (AvgIpc) is 0.812. The Morgan fingerprint density at radius 1 is 0.491 bits per heavy atom. The molecule has 3 N–H and O–H groups in total. The minimum atomic E-state index is -4.88. The maximum atomic E-state index is 13.3. The van der Waals surface area contributed by atoms with E-state index >= 15 is 0 Å². The van der Waals surface area contributed by atoms with E-state index in [9.17, 15) is 76.7 Å². The van der Waals surface area contributed by atoms with Crippen molar-refractivity contribution in [1.29, 1.82) is 0 Å². The molecule has 5 fully saturated rings. The van der Waals surface area contributed by atoms with Gasteiger partial charge in [0.05, 0.1) is 29.4 Å². The molecule has 598 valence electrons. The van der Waals surface area contributed by atoms with Gasteiger partial charge in [-0.2, -0.15) is 52.7 Å². The number of hydrogen-bond donors (Lipinski definition) is 2. The van der Waals surface area contributed by atoms with Crippen molar-refractivity contribution in [3.8, 4) is 5.75 Å². The largest absolute Gasteiger partial charge is 0.497 e. The first-order valence-corrected chi connectivity index (χ1v) is 37.5. The van der Waals surface area contributed by atoms with Gasteiger partial charge in [0.1, 0.15) is 28.3 Å². The number of carbonyl (C=O) groups is 5. The number of carbonyl (C=O) groups excluding carboxylic acids is 5. The minimum absolute atomic E-state index is 0.000287. The number of hydrogen-bond acceptors (Lipinski definition) is 12. The monoisotopic (exact) mass is 1520 g/mol. The first-order chi connectivity index (χ1) is 49.3. The number of rotatable bonds is 13. The number of ether oxygens (including phenoxy) is 4. The lowest BCUT2D eigenvalue weighted by Gasteiger charge is -2.46. The van der Waals surface area contributed by atoms with E-state index in [0.29, 0.717) is 74.2 Å². The van der Waals surface area contributed by atoms with Gasteiger partial charge in [-0.05, 0) is 191 Å². The van der Waals surface area contributed by atoms with E-state index in [1.54, 1.807) is 42.7 Å².